The summed E-state index contributed by atoms with van der Waals surface area (Å²) >= 11 is 4.37. The summed E-state index contributed by atoms with van der Waals surface area (Å²) in [6.45, 7) is 0. The molecule has 0 radical (unpaired) electrons. The van der Waals surface area contributed by atoms with Crippen molar-refractivity contribution in [3.63, 3.8) is 0 Å². The maximum Gasteiger partial charge on any atom is 0.237 e. The van der Waals surface area contributed by atoms with Crippen LogP contribution < -0.4 is 4.90 Å². The van der Waals surface area contributed by atoms with E-state index in [1.807, 2.05) is 0 Å². The summed E-state index contributed by atoms with van der Waals surface area (Å²) in [4.78, 5) is 18.1. The number of thioether (sulfide) groups is 1. The molecule has 0 spiro atoms. The van der Waals surface area contributed by atoms with Crippen molar-refractivity contribution >= 4 is 39.3 Å². The van der Waals surface area contributed by atoms with Gasteiger partial charge in [-0.3, -0.25) is 4.79 Å². The number of pyridine rings is 1. The lowest BCUT2D eigenvalue weighted by Crippen LogP contribution is -2.27. The number of carbonyl (C=O) groups excluding carboxylic acids is 1. The summed E-state index contributed by atoms with van der Waals surface area (Å²) in [5, 5.41) is 0. The van der Waals surface area contributed by atoms with Gasteiger partial charge in [0.15, 0.2) is 11.6 Å². The number of halogens is 3. The smallest absolute Gasteiger partial charge is 0.237 e. The summed E-state index contributed by atoms with van der Waals surface area (Å²) in [5.41, 5.74) is 0.661. The van der Waals surface area contributed by atoms with Crippen LogP contribution in [0, 0.1) is 11.6 Å². The number of rotatable bonds is 4. The Kier molecular flexibility index (Phi) is 5.30. The highest BCUT2D eigenvalue weighted by Gasteiger charge is 2.12. The van der Waals surface area contributed by atoms with Gasteiger partial charge in [0.05, 0.1) is 17.6 Å². The van der Waals surface area contributed by atoms with Crippen LogP contribution in [0.25, 0.3) is 0 Å². The molecular weight excluding hydrogens is 362 g/mol. The fourth-order valence-corrected chi connectivity index (χ4v) is 2.59. The average Bonchev–Trinajstić information content (AvgIpc) is 2.48. The van der Waals surface area contributed by atoms with Crippen molar-refractivity contribution in [2.45, 2.75) is 4.90 Å². The number of hydrogen-bond donors (Lipinski definition) is 0. The van der Waals surface area contributed by atoms with E-state index < -0.39 is 11.6 Å². The van der Waals surface area contributed by atoms with Crippen LogP contribution in [0.4, 0.5) is 14.5 Å². The van der Waals surface area contributed by atoms with Crippen LogP contribution in [0.2, 0.25) is 0 Å². The van der Waals surface area contributed by atoms with Gasteiger partial charge >= 0.3 is 0 Å². The second kappa shape index (κ2) is 7.00. The predicted octanol–water partition coefficient (Wildman–Crippen LogP) is 3.88. The maximum absolute atomic E-state index is 13.1. The van der Waals surface area contributed by atoms with Crippen molar-refractivity contribution in [2.24, 2.45) is 0 Å². The van der Waals surface area contributed by atoms with Crippen LogP contribution in [0.1, 0.15) is 0 Å². The van der Waals surface area contributed by atoms with Crippen molar-refractivity contribution in [3.8, 4) is 0 Å². The molecule has 0 saturated heterocycles. The molecule has 7 heteroatoms. The molecule has 0 aliphatic heterocycles. The Labute approximate surface area is 133 Å². The number of amides is 1. The summed E-state index contributed by atoms with van der Waals surface area (Å²) in [7, 11) is 1.64. The molecule has 110 valence electrons. The van der Waals surface area contributed by atoms with Crippen molar-refractivity contribution < 1.29 is 13.6 Å². The second-order valence-corrected chi connectivity index (χ2v) is 6.02. The Bertz CT molecular complexity index is 652. The monoisotopic (exact) mass is 372 g/mol. The van der Waals surface area contributed by atoms with E-state index in [-0.39, 0.29) is 11.7 Å². The second-order valence-electron chi connectivity index (χ2n) is 4.16. The first-order valence-corrected chi connectivity index (χ1v) is 7.71. The van der Waals surface area contributed by atoms with Crippen LogP contribution in [0.5, 0.6) is 0 Å². The Balaban J connectivity index is 1.97. The van der Waals surface area contributed by atoms with Gasteiger partial charge in [-0.25, -0.2) is 13.8 Å². The molecule has 0 unspecified atom stereocenters. The molecule has 0 bridgehead atoms. The number of aromatic nitrogens is 1. The van der Waals surface area contributed by atoms with Gasteiger partial charge in [-0.05, 0) is 46.3 Å². The van der Waals surface area contributed by atoms with Crippen molar-refractivity contribution in [2.75, 3.05) is 17.7 Å². The summed E-state index contributed by atoms with van der Waals surface area (Å²) < 4.78 is 26.6. The van der Waals surface area contributed by atoms with Crippen LogP contribution >= 0.6 is 27.7 Å². The Morgan fingerprint density at radius 1 is 1.29 bits per heavy atom. The normalized spacial score (nSPS) is 10.5. The summed E-state index contributed by atoms with van der Waals surface area (Å²) in [6.07, 6.45) is 1.57. The third-order valence-corrected chi connectivity index (χ3v) is 4.17. The molecule has 21 heavy (non-hydrogen) atoms. The first-order chi connectivity index (χ1) is 9.97. The third kappa shape index (κ3) is 4.25. The van der Waals surface area contributed by atoms with Gasteiger partial charge in [-0.1, -0.05) is 0 Å². The van der Waals surface area contributed by atoms with Gasteiger partial charge in [0.25, 0.3) is 0 Å². The van der Waals surface area contributed by atoms with E-state index in [1.54, 1.807) is 25.4 Å². The van der Waals surface area contributed by atoms with Crippen LogP contribution in [-0.2, 0) is 4.79 Å². The fraction of sp³-hybridized carbons (Fsp3) is 0.143. The molecular formula is C14H11BrF2N2OS. The minimum absolute atomic E-state index is 0.123. The zero-order valence-electron chi connectivity index (χ0n) is 11.0. The lowest BCUT2D eigenvalue weighted by atomic mass is 10.3. The van der Waals surface area contributed by atoms with Crippen molar-refractivity contribution in [1.29, 1.82) is 0 Å². The molecule has 2 aromatic rings. The first-order valence-electron chi connectivity index (χ1n) is 5.93. The van der Waals surface area contributed by atoms with Gasteiger partial charge in [0, 0.05) is 11.9 Å². The van der Waals surface area contributed by atoms with Gasteiger partial charge in [0.2, 0.25) is 5.91 Å². The molecule has 0 aliphatic rings. The minimum atomic E-state index is -0.919. The first kappa shape index (κ1) is 15.9. The van der Waals surface area contributed by atoms with Crippen LogP contribution in [0.3, 0.4) is 0 Å². The van der Waals surface area contributed by atoms with Crippen LogP contribution in [0.15, 0.2) is 46.0 Å². The molecule has 1 amide bonds. The van der Waals surface area contributed by atoms with E-state index in [2.05, 4.69) is 20.9 Å². The van der Waals surface area contributed by atoms with E-state index in [9.17, 15) is 13.6 Å². The Morgan fingerprint density at radius 2 is 2.05 bits per heavy atom. The molecule has 1 heterocycles. The zero-order chi connectivity index (χ0) is 15.4. The van der Waals surface area contributed by atoms with E-state index in [4.69, 9.17) is 0 Å². The number of benzene rings is 1. The topological polar surface area (TPSA) is 33.2 Å². The zero-order valence-corrected chi connectivity index (χ0v) is 13.4. The Hall–Kier alpha value is -1.47. The highest BCUT2D eigenvalue weighted by molar-refractivity contribution is 9.10. The molecule has 0 fully saturated rings. The van der Waals surface area contributed by atoms with Gasteiger partial charge in [-0.2, -0.15) is 0 Å². The fourth-order valence-electron chi connectivity index (χ4n) is 1.52. The number of nitrogens with zero attached hydrogens (tertiary/aromatic N) is 2. The summed E-state index contributed by atoms with van der Waals surface area (Å²) in [6, 6.07) is 7.06. The molecule has 1 aromatic heterocycles. The highest BCUT2D eigenvalue weighted by Crippen LogP contribution is 2.22. The molecule has 0 atom stereocenters. The molecule has 2 rings (SSSR count). The molecule has 1 aromatic carbocycles. The van der Waals surface area contributed by atoms with Crippen molar-refractivity contribution in [3.05, 3.63) is 52.8 Å². The molecule has 0 aliphatic carbocycles. The lowest BCUT2D eigenvalue weighted by molar-refractivity contribution is -0.115. The number of anilines is 1. The largest absolute Gasteiger partial charge is 0.313 e. The predicted molar refractivity (Wildman–Crippen MR) is 82.4 cm³/mol. The highest BCUT2D eigenvalue weighted by atomic mass is 79.9. The van der Waals surface area contributed by atoms with Crippen LogP contribution in [-0.4, -0.2) is 23.7 Å². The average molecular weight is 373 g/mol. The quantitative estimate of drug-likeness (QED) is 0.603. The minimum Gasteiger partial charge on any atom is -0.313 e. The lowest BCUT2D eigenvalue weighted by Gasteiger charge is -2.16. The molecule has 3 nitrogen and oxygen atoms in total. The van der Waals surface area contributed by atoms with Crippen molar-refractivity contribution in [1.82, 2.24) is 4.98 Å². The molecule has 0 N–H and O–H groups in total. The van der Waals surface area contributed by atoms with E-state index >= 15 is 0 Å². The maximum atomic E-state index is 13.1. The van der Waals surface area contributed by atoms with E-state index in [0.717, 1.165) is 23.9 Å². The summed E-state index contributed by atoms with van der Waals surface area (Å²) in [5.74, 6) is -1.85. The van der Waals surface area contributed by atoms with Gasteiger partial charge in [0.1, 0.15) is 4.60 Å². The van der Waals surface area contributed by atoms with Gasteiger partial charge < -0.3 is 4.90 Å². The standard InChI is InChI=1S/C14H11BrF2N2OS/c1-19(9-2-5-13(15)18-7-9)14(20)8-21-10-3-4-11(16)12(17)6-10/h2-7H,8H2,1H3. The molecule has 0 saturated carbocycles. The number of carbonyl (C=O) groups is 1. The Morgan fingerprint density at radius 3 is 2.67 bits per heavy atom. The third-order valence-electron chi connectivity index (χ3n) is 2.73. The van der Waals surface area contributed by atoms with E-state index in [0.29, 0.717) is 15.2 Å². The van der Waals surface area contributed by atoms with Gasteiger partial charge in [-0.15, -0.1) is 11.8 Å². The van der Waals surface area contributed by atoms with E-state index in [1.165, 1.54) is 11.0 Å². The SMILES string of the molecule is CN(C(=O)CSc1ccc(F)c(F)c1)c1ccc(Br)nc1. The number of hydrogen-bond acceptors (Lipinski definition) is 3.